The highest BCUT2D eigenvalue weighted by Crippen LogP contribution is 2.35. The van der Waals surface area contributed by atoms with Crippen molar-refractivity contribution in [2.24, 2.45) is 5.92 Å². The summed E-state index contributed by atoms with van der Waals surface area (Å²) in [7, 11) is 0. The molecule has 12 heavy (non-hydrogen) atoms. The highest BCUT2D eigenvalue weighted by Gasteiger charge is 2.43. The summed E-state index contributed by atoms with van der Waals surface area (Å²) in [6.45, 7) is 1.92. The molecule has 0 aromatic rings. The third-order valence-corrected chi connectivity index (χ3v) is 1.75. The van der Waals surface area contributed by atoms with Crippen molar-refractivity contribution < 1.29 is 18.7 Å². The van der Waals surface area contributed by atoms with Crippen LogP contribution in [0.1, 0.15) is 19.8 Å². The monoisotopic (exact) mass is 174 g/mol. The minimum atomic E-state index is -1.02. The number of hydrogen-bond acceptors (Lipinski definition) is 3. The molecule has 0 heterocycles. The number of hydrogen-bond donors (Lipinski definition) is 0. The van der Waals surface area contributed by atoms with Gasteiger partial charge in [-0.25, -0.2) is 4.39 Å². The lowest BCUT2D eigenvalue weighted by Gasteiger charge is -1.98. The Kier molecular flexibility index (Phi) is 2.78. The van der Waals surface area contributed by atoms with Crippen LogP contribution in [-0.4, -0.2) is 24.5 Å². The number of alkyl halides is 1. The van der Waals surface area contributed by atoms with E-state index in [9.17, 15) is 14.0 Å². The molecule has 3 nitrogen and oxygen atoms in total. The van der Waals surface area contributed by atoms with Gasteiger partial charge < -0.3 is 4.74 Å². The van der Waals surface area contributed by atoms with Crippen LogP contribution in [0.15, 0.2) is 0 Å². The van der Waals surface area contributed by atoms with Gasteiger partial charge in [0.2, 0.25) is 0 Å². The maximum Gasteiger partial charge on any atom is 0.313 e. The van der Waals surface area contributed by atoms with Crippen molar-refractivity contribution >= 4 is 11.8 Å². The zero-order chi connectivity index (χ0) is 9.14. The molecule has 1 rings (SSSR count). The first-order valence-electron chi connectivity index (χ1n) is 3.97. The first-order chi connectivity index (χ1) is 5.65. The number of rotatable bonds is 4. The Balaban J connectivity index is 2.22. The first-order valence-corrected chi connectivity index (χ1v) is 3.97. The average Bonchev–Trinajstić information content (AvgIpc) is 2.67. The Morgan fingerprint density at radius 1 is 1.58 bits per heavy atom. The van der Waals surface area contributed by atoms with Crippen LogP contribution in [0.5, 0.6) is 0 Å². The Morgan fingerprint density at radius 2 is 2.17 bits per heavy atom. The Hall–Kier alpha value is -0.930. The maximum atomic E-state index is 12.3. The van der Waals surface area contributed by atoms with Crippen LogP contribution in [0.4, 0.5) is 4.39 Å². The van der Waals surface area contributed by atoms with Gasteiger partial charge in [0.1, 0.15) is 18.4 Å². The van der Waals surface area contributed by atoms with Crippen molar-refractivity contribution in [1.29, 1.82) is 0 Å². The molecule has 2 unspecified atom stereocenters. The van der Waals surface area contributed by atoms with Gasteiger partial charge in [0.15, 0.2) is 0 Å². The van der Waals surface area contributed by atoms with E-state index in [0.717, 1.165) is 0 Å². The summed E-state index contributed by atoms with van der Waals surface area (Å²) < 4.78 is 16.8. The van der Waals surface area contributed by atoms with Crippen LogP contribution in [-0.2, 0) is 14.3 Å². The summed E-state index contributed by atoms with van der Waals surface area (Å²) in [4.78, 5) is 21.7. The number of carbonyl (C=O) groups excluding carboxylic acids is 2. The molecular weight excluding hydrogens is 163 g/mol. The Morgan fingerprint density at radius 3 is 2.58 bits per heavy atom. The molecule has 0 aromatic heterocycles. The summed E-state index contributed by atoms with van der Waals surface area (Å²) in [5.74, 6) is -1.42. The molecule has 0 radical (unpaired) electrons. The second kappa shape index (κ2) is 3.65. The quantitative estimate of drug-likeness (QED) is 0.469. The van der Waals surface area contributed by atoms with Crippen molar-refractivity contribution in [3.05, 3.63) is 0 Å². The van der Waals surface area contributed by atoms with Crippen LogP contribution < -0.4 is 0 Å². The number of esters is 1. The summed E-state index contributed by atoms with van der Waals surface area (Å²) in [6, 6.07) is 0. The molecule has 2 atom stereocenters. The SMILES string of the molecule is CCOC(=O)CC(=O)C1CC1F. The third-order valence-electron chi connectivity index (χ3n) is 1.75. The van der Waals surface area contributed by atoms with Gasteiger partial charge in [0.25, 0.3) is 0 Å². The van der Waals surface area contributed by atoms with Crippen molar-refractivity contribution in [2.45, 2.75) is 25.9 Å². The summed E-state index contributed by atoms with van der Waals surface area (Å²) in [5.41, 5.74) is 0. The zero-order valence-electron chi connectivity index (χ0n) is 6.88. The summed E-state index contributed by atoms with van der Waals surface area (Å²) in [5, 5.41) is 0. The molecule has 0 aromatic carbocycles. The van der Waals surface area contributed by atoms with E-state index in [4.69, 9.17) is 0 Å². The smallest absolute Gasteiger partial charge is 0.313 e. The van der Waals surface area contributed by atoms with E-state index in [1.165, 1.54) is 0 Å². The van der Waals surface area contributed by atoms with E-state index in [0.29, 0.717) is 0 Å². The standard InChI is InChI=1S/C8H11FO3/c1-2-12-8(11)4-7(10)5-3-6(5)9/h5-6H,2-4H2,1H3. The summed E-state index contributed by atoms with van der Waals surface area (Å²) >= 11 is 0. The van der Waals surface area contributed by atoms with E-state index in [-0.39, 0.29) is 25.2 Å². The van der Waals surface area contributed by atoms with Gasteiger partial charge in [-0.2, -0.15) is 0 Å². The third kappa shape index (κ3) is 2.29. The zero-order valence-corrected chi connectivity index (χ0v) is 6.88. The predicted molar refractivity (Wildman–Crippen MR) is 39.3 cm³/mol. The molecule has 0 spiro atoms. The van der Waals surface area contributed by atoms with Gasteiger partial charge in [0.05, 0.1) is 12.5 Å². The number of ketones is 1. The molecule has 4 heteroatoms. The molecule has 0 aliphatic heterocycles. The van der Waals surface area contributed by atoms with Gasteiger partial charge in [-0.3, -0.25) is 9.59 Å². The predicted octanol–water partition coefficient (Wildman–Crippen LogP) is 0.867. The number of ether oxygens (including phenoxy) is 1. The average molecular weight is 174 g/mol. The van der Waals surface area contributed by atoms with Crippen LogP contribution in [0, 0.1) is 5.92 Å². The molecule has 0 N–H and O–H groups in total. The van der Waals surface area contributed by atoms with E-state index in [1.54, 1.807) is 6.92 Å². The first kappa shape index (κ1) is 9.16. The highest BCUT2D eigenvalue weighted by atomic mass is 19.1. The summed E-state index contributed by atoms with van der Waals surface area (Å²) in [6.07, 6.45) is -1.02. The fraction of sp³-hybridized carbons (Fsp3) is 0.750. The number of halogens is 1. The number of carbonyl (C=O) groups is 2. The molecular formula is C8H11FO3. The lowest BCUT2D eigenvalue weighted by molar-refractivity contribution is -0.145. The largest absolute Gasteiger partial charge is 0.466 e. The molecule has 1 aliphatic rings. The van der Waals surface area contributed by atoms with Gasteiger partial charge in [-0.15, -0.1) is 0 Å². The second-order valence-corrected chi connectivity index (χ2v) is 2.81. The van der Waals surface area contributed by atoms with Crippen molar-refractivity contribution in [2.75, 3.05) is 6.61 Å². The molecule has 68 valence electrons. The Bertz CT molecular complexity index is 202. The normalized spacial score (nSPS) is 26.5. The molecule has 1 fully saturated rings. The highest BCUT2D eigenvalue weighted by molar-refractivity contribution is 5.98. The fourth-order valence-corrected chi connectivity index (χ4v) is 0.983. The van der Waals surface area contributed by atoms with Crippen LogP contribution in [0.25, 0.3) is 0 Å². The minimum Gasteiger partial charge on any atom is -0.466 e. The van der Waals surface area contributed by atoms with Gasteiger partial charge >= 0.3 is 5.97 Å². The molecule has 1 aliphatic carbocycles. The van der Waals surface area contributed by atoms with E-state index in [2.05, 4.69) is 4.74 Å². The molecule has 0 saturated heterocycles. The van der Waals surface area contributed by atoms with Gasteiger partial charge in [0, 0.05) is 0 Å². The van der Waals surface area contributed by atoms with Crippen molar-refractivity contribution in [3.63, 3.8) is 0 Å². The molecule has 0 amide bonds. The second-order valence-electron chi connectivity index (χ2n) is 2.81. The van der Waals surface area contributed by atoms with Crippen LogP contribution in [0.3, 0.4) is 0 Å². The molecule has 0 bridgehead atoms. The van der Waals surface area contributed by atoms with Gasteiger partial charge in [-0.05, 0) is 13.3 Å². The lowest BCUT2D eigenvalue weighted by Crippen LogP contribution is -2.13. The van der Waals surface area contributed by atoms with E-state index in [1.807, 2.05) is 0 Å². The lowest BCUT2D eigenvalue weighted by atomic mass is 10.2. The van der Waals surface area contributed by atoms with E-state index < -0.39 is 18.1 Å². The number of Topliss-reactive ketones (excluding diaryl/α,β-unsaturated/α-hetero) is 1. The topological polar surface area (TPSA) is 43.4 Å². The molecule has 1 saturated carbocycles. The minimum absolute atomic E-state index is 0.260. The van der Waals surface area contributed by atoms with Gasteiger partial charge in [-0.1, -0.05) is 0 Å². The van der Waals surface area contributed by atoms with Crippen molar-refractivity contribution in [1.82, 2.24) is 0 Å². The fourth-order valence-electron chi connectivity index (χ4n) is 0.983. The van der Waals surface area contributed by atoms with E-state index >= 15 is 0 Å². The van der Waals surface area contributed by atoms with Crippen LogP contribution >= 0.6 is 0 Å². The maximum absolute atomic E-state index is 12.3. The Labute approximate surface area is 69.9 Å². The van der Waals surface area contributed by atoms with Crippen molar-refractivity contribution in [3.8, 4) is 0 Å². The van der Waals surface area contributed by atoms with Crippen LogP contribution in [0.2, 0.25) is 0 Å².